The number of fused-ring (bicyclic) bond motifs is 1. The Morgan fingerprint density at radius 1 is 1.10 bits per heavy atom. The Kier molecular flexibility index (Phi) is 4.40. The van der Waals surface area contributed by atoms with Crippen molar-refractivity contribution in [2.75, 3.05) is 0 Å². The lowest BCUT2D eigenvalue weighted by molar-refractivity contribution is 0.140. The van der Waals surface area contributed by atoms with Crippen LogP contribution in [0, 0.1) is 0 Å². The van der Waals surface area contributed by atoms with E-state index in [-0.39, 0.29) is 5.82 Å². The maximum atomic E-state index is 12.9. The summed E-state index contributed by atoms with van der Waals surface area (Å²) in [6.45, 7) is 4.00. The Labute approximate surface area is 115 Å². The van der Waals surface area contributed by atoms with E-state index in [1.165, 1.54) is 16.8 Å². The number of hydrogen-bond donors (Lipinski definition) is 0. The molecule has 5 heteroatoms. The first-order valence-electron chi connectivity index (χ1n) is 6.43. The van der Waals surface area contributed by atoms with Gasteiger partial charge in [-0.2, -0.15) is 0 Å². The molecule has 0 fully saturated rings. The van der Waals surface area contributed by atoms with Crippen molar-refractivity contribution in [1.82, 2.24) is 14.4 Å². The van der Waals surface area contributed by atoms with Gasteiger partial charge in [0.2, 0.25) is 0 Å². The van der Waals surface area contributed by atoms with Crippen LogP contribution in [-0.2, 0) is 0 Å². The summed E-state index contributed by atoms with van der Waals surface area (Å²) in [5, 5.41) is 0. The lowest BCUT2D eigenvalue weighted by atomic mass is 10.1. The number of alkyl halides is 2. The lowest BCUT2D eigenvalue weighted by Gasteiger charge is -1.98. The molecule has 0 bridgehead atoms. The van der Waals surface area contributed by atoms with Crippen molar-refractivity contribution < 1.29 is 8.78 Å². The third-order valence-corrected chi connectivity index (χ3v) is 2.72. The number of hydrogen-bond acceptors (Lipinski definition) is 2. The van der Waals surface area contributed by atoms with E-state index >= 15 is 0 Å². The van der Waals surface area contributed by atoms with Gasteiger partial charge >= 0.3 is 0 Å². The molecule has 3 nitrogen and oxygen atoms in total. The van der Waals surface area contributed by atoms with Gasteiger partial charge in [-0.1, -0.05) is 44.2 Å². The summed E-state index contributed by atoms with van der Waals surface area (Å²) in [6.07, 6.45) is 1.89. The molecule has 2 aromatic heterocycles. The third-order valence-electron chi connectivity index (χ3n) is 2.72. The second-order valence-corrected chi connectivity index (χ2v) is 3.82. The van der Waals surface area contributed by atoms with Crippen LogP contribution in [0.3, 0.4) is 0 Å². The van der Waals surface area contributed by atoms with Crippen LogP contribution in [0.15, 0.2) is 48.9 Å². The number of aromatic nitrogens is 3. The van der Waals surface area contributed by atoms with Crippen LogP contribution in [0.2, 0.25) is 0 Å². The average Bonchev–Trinajstić information content (AvgIpc) is 2.90. The molecule has 2 heterocycles. The Bertz CT molecular complexity index is 678. The van der Waals surface area contributed by atoms with Crippen molar-refractivity contribution in [3.8, 4) is 11.3 Å². The van der Waals surface area contributed by atoms with Crippen LogP contribution in [0.4, 0.5) is 8.78 Å². The maximum absolute atomic E-state index is 12.9. The second kappa shape index (κ2) is 6.23. The smallest absolute Gasteiger partial charge is 0.295 e. The summed E-state index contributed by atoms with van der Waals surface area (Å²) in [5.41, 5.74) is 1.91. The maximum Gasteiger partial charge on any atom is 0.295 e. The molecule has 0 N–H and O–H groups in total. The SMILES string of the molecule is CC.FC(F)c1nc(-c2ccccc2)c2cnccn12. The van der Waals surface area contributed by atoms with Gasteiger partial charge in [-0.15, -0.1) is 0 Å². The minimum absolute atomic E-state index is 0.258. The molecule has 0 amide bonds. The Morgan fingerprint density at radius 2 is 1.80 bits per heavy atom. The number of imidazole rings is 1. The highest BCUT2D eigenvalue weighted by molar-refractivity contribution is 5.77. The van der Waals surface area contributed by atoms with Crippen LogP contribution in [-0.4, -0.2) is 14.4 Å². The minimum atomic E-state index is -2.61. The first-order valence-corrected chi connectivity index (χ1v) is 6.43. The Hall–Kier alpha value is -2.30. The van der Waals surface area contributed by atoms with Gasteiger partial charge in [0.15, 0.2) is 5.82 Å². The standard InChI is InChI=1S/C13H9F2N3.C2H6/c14-12(15)13-17-11(9-4-2-1-3-5-9)10-8-16-6-7-18(10)13;1-2/h1-8,12H;1-2H3. The molecule has 0 aliphatic heterocycles. The number of benzene rings is 1. The Balaban J connectivity index is 0.000000704. The van der Waals surface area contributed by atoms with Gasteiger partial charge in [-0.05, 0) is 0 Å². The van der Waals surface area contributed by atoms with E-state index in [9.17, 15) is 8.78 Å². The fourth-order valence-corrected chi connectivity index (χ4v) is 1.92. The Morgan fingerprint density at radius 3 is 2.45 bits per heavy atom. The van der Waals surface area contributed by atoms with Crippen LogP contribution in [0.1, 0.15) is 26.1 Å². The van der Waals surface area contributed by atoms with Crippen molar-refractivity contribution in [3.63, 3.8) is 0 Å². The van der Waals surface area contributed by atoms with Crippen molar-refractivity contribution in [1.29, 1.82) is 0 Å². The molecule has 3 aromatic rings. The number of nitrogens with zero attached hydrogens (tertiary/aromatic N) is 3. The third kappa shape index (κ3) is 2.52. The molecule has 0 aliphatic carbocycles. The molecule has 20 heavy (non-hydrogen) atoms. The molecule has 0 radical (unpaired) electrons. The molecular formula is C15H15F2N3. The van der Waals surface area contributed by atoms with E-state index in [1.807, 2.05) is 44.2 Å². The zero-order valence-electron chi connectivity index (χ0n) is 11.3. The summed E-state index contributed by atoms with van der Waals surface area (Å²) in [6, 6.07) is 9.24. The van der Waals surface area contributed by atoms with Crippen molar-refractivity contribution >= 4 is 5.52 Å². The van der Waals surface area contributed by atoms with Gasteiger partial charge in [0, 0.05) is 18.0 Å². The normalized spacial score (nSPS) is 10.4. The van der Waals surface area contributed by atoms with E-state index in [0.29, 0.717) is 11.2 Å². The summed E-state index contributed by atoms with van der Waals surface area (Å²) in [5.74, 6) is -0.258. The van der Waals surface area contributed by atoms with Crippen LogP contribution < -0.4 is 0 Å². The molecule has 0 saturated carbocycles. The number of rotatable bonds is 2. The summed E-state index contributed by atoms with van der Waals surface area (Å²) in [4.78, 5) is 8.00. The molecule has 3 rings (SSSR count). The van der Waals surface area contributed by atoms with E-state index < -0.39 is 6.43 Å². The van der Waals surface area contributed by atoms with E-state index in [1.54, 1.807) is 6.20 Å². The van der Waals surface area contributed by atoms with E-state index in [2.05, 4.69) is 9.97 Å². The predicted molar refractivity (Wildman–Crippen MR) is 74.7 cm³/mol. The molecule has 0 atom stereocenters. The molecule has 0 aliphatic rings. The molecule has 0 spiro atoms. The van der Waals surface area contributed by atoms with Crippen LogP contribution >= 0.6 is 0 Å². The zero-order chi connectivity index (χ0) is 14.5. The largest absolute Gasteiger partial charge is 0.295 e. The highest BCUT2D eigenvalue weighted by Crippen LogP contribution is 2.28. The van der Waals surface area contributed by atoms with Gasteiger partial charge < -0.3 is 0 Å². The van der Waals surface area contributed by atoms with Gasteiger partial charge in [-0.25, -0.2) is 13.8 Å². The van der Waals surface area contributed by atoms with E-state index in [4.69, 9.17) is 0 Å². The fraction of sp³-hybridized carbons (Fsp3) is 0.200. The van der Waals surface area contributed by atoms with E-state index in [0.717, 1.165) is 5.56 Å². The monoisotopic (exact) mass is 275 g/mol. The van der Waals surface area contributed by atoms with Crippen molar-refractivity contribution in [3.05, 3.63) is 54.7 Å². The molecular weight excluding hydrogens is 260 g/mol. The highest BCUT2D eigenvalue weighted by atomic mass is 19.3. The van der Waals surface area contributed by atoms with Crippen molar-refractivity contribution in [2.45, 2.75) is 20.3 Å². The first kappa shape index (κ1) is 14.1. The average molecular weight is 275 g/mol. The molecule has 0 saturated heterocycles. The highest BCUT2D eigenvalue weighted by Gasteiger charge is 2.19. The van der Waals surface area contributed by atoms with Gasteiger partial charge in [-0.3, -0.25) is 9.38 Å². The zero-order valence-corrected chi connectivity index (χ0v) is 11.3. The predicted octanol–water partition coefficient (Wildman–Crippen LogP) is 4.36. The second-order valence-electron chi connectivity index (χ2n) is 3.82. The van der Waals surface area contributed by atoms with Crippen LogP contribution in [0.25, 0.3) is 16.8 Å². The molecule has 1 aromatic carbocycles. The van der Waals surface area contributed by atoms with Crippen LogP contribution in [0.5, 0.6) is 0 Å². The quantitative estimate of drug-likeness (QED) is 0.695. The van der Waals surface area contributed by atoms with Gasteiger partial charge in [0.25, 0.3) is 6.43 Å². The fourth-order valence-electron chi connectivity index (χ4n) is 1.92. The number of halogens is 2. The molecule has 104 valence electrons. The van der Waals surface area contributed by atoms with Gasteiger partial charge in [0.1, 0.15) is 0 Å². The van der Waals surface area contributed by atoms with Gasteiger partial charge in [0.05, 0.1) is 17.4 Å². The lowest BCUT2D eigenvalue weighted by Crippen LogP contribution is -1.94. The molecule has 0 unspecified atom stereocenters. The topological polar surface area (TPSA) is 30.2 Å². The summed E-state index contributed by atoms with van der Waals surface area (Å²) in [7, 11) is 0. The van der Waals surface area contributed by atoms with Crippen molar-refractivity contribution in [2.24, 2.45) is 0 Å². The first-order chi connectivity index (χ1) is 9.77. The summed E-state index contributed by atoms with van der Waals surface area (Å²) >= 11 is 0. The minimum Gasteiger partial charge on any atom is -0.295 e. The summed E-state index contributed by atoms with van der Waals surface area (Å²) < 4.78 is 27.2.